The number of nitriles is 1. The Morgan fingerprint density at radius 1 is 1.17 bits per heavy atom. The second-order valence-electron chi connectivity index (χ2n) is 8.92. The van der Waals surface area contributed by atoms with Gasteiger partial charge < -0.3 is 5.32 Å². The van der Waals surface area contributed by atoms with E-state index in [1.54, 1.807) is 19.1 Å². The Kier molecular flexibility index (Phi) is 6.83. The van der Waals surface area contributed by atoms with Crippen molar-refractivity contribution in [3.05, 3.63) is 89.1 Å². The maximum atomic E-state index is 12.9. The molecule has 2 atom stereocenters. The number of hydrazone groups is 1. The molecule has 2 amide bonds. The molecule has 0 fully saturated rings. The number of hydrogen-bond donors (Lipinski definition) is 1. The predicted molar refractivity (Wildman–Crippen MR) is 140 cm³/mol. The lowest BCUT2D eigenvalue weighted by Crippen LogP contribution is -2.35. The van der Waals surface area contributed by atoms with Gasteiger partial charge in [0.25, 0.3) is 5.91 Å². The van der Waals surface area contributed by atoms with Crippen LogP contribution >= 0.6 is 11.8 Å². The highest BCUT2D eigenvalue weighted by Gasteiger charge is 2.29. The third-order valence-electron chi connectivity index (χ3n) is 6.44. The van der Waals surface area contributed by atoms with E-state index in [0.29, 0.717) is 28.0 Å². The second-order valence-corrected chi connectivity index (χ2v) is 10.3. The third-order valence-corrected chi connectivity index (χ3v) is 7.55. The quantitative estimate of drug-likeness (QED) is 0.523. The number of para-hydroxylation sites is 1. The SMILES string of the molecule is CC(Sc1nc2c(cc1C#N)CC(c1ccccc1)CC2)C(=O)NC1=NN(c2ccccc2)C(=O)C1. The van der Waals surface area contributed by atoms with Crippen molar-refractivity contribution < 1.29 is 9.59 Å². The van der Waals surface area contributed by atoms with Gasteiger partial charge in [-0.2, -0.15) is 15.4 Å². The van der Waals surface area contributed by atoms with Gasteiger partial charge in [-0.3, -0.25) is 9.59 Å². The largest absolute Gasteiger partial charge is 0.311 e. The first-order chi connectivity index (χ1) is 17.5. The number of amidine groups is 1. The first-order valence-electron chi connectivity index (χ1n) is 11.9. The van der Waals surface area contributed by atoms with Crippen LogP contribution in [0.1, 0.15) is 48.1 Å². The van der Waals surface area contributed by atoms with Crippen molar-refractivity contribution in [2.45, 2.75) is 48.8 Å². The molecule has 180 valence electrons. The molecule has 0 saturated carbocycles. The van der Waals surface area contributed by atoms with Gasteiger partial charge in [-0.15, -0.1) is 0 Å². The molecule has 36 heavy (non-hydrogen) atoms. The summed E-state index contributed by atoms with van der Waals surface area (Å²) in [7, 11) is 0. The lowest BCUT2D eigenvalue weighted by Gasteiger charge is -2.25. The van der Waals surface area contributed by atoms with Crippen molar-refractivity contribution in [2.24, 2.45) is 5.10 Å². The molecule has 8 heteroatoms. The first kappa shape index (κ1) is 23.8. The number of anilines is 1. The van der Waals surface area contributed by atoms with Crippen molar-refractivity contribution in [1.29, 1.82) is 5.26 Å². The number of carbonyl (C=O) groups excluding carboxylic acids is 2. The molecule has 3 aromatic rings. The van der Waals surface area contributed by atoms with Gasteiger partial charge in [0.1, 0.15) is 16.9 Å². The van der Waals surface area contributed by atoms with Gasteiger partial charge in [0.05, 0.1) is 22.9 Å². The minimum atomic E-state index is -0.521. The summed E-state index contributed by atoms with van der Waals surface area (Å²) in [6.45, 7) is 1.76. The van der Waals surface area contributed by atoms with Gasteiger partial charge in [0.2, 0.25) is 5.91 Å². The number of thioether (sulfide) groups is 1. The Hall–Kier alpha value is -3.96. The number of rotatable bonds is 5. The maximum Gasteiger partial charge on any atom is 0.255 e. The minimum absolute atomic E-state index is 0.0289. The van der Waals surface area contributed by atoms with Crippen molar-refractivity contribution in [1.82, 2.24) is 10.3 Å². The molecule has 7 nitrogen and oxygen atoms in total. The van der Waals surface area contributed by atoms with Crippen LogP contribution in [-0.2, 0) is 22.4 Å². The highest BCUT2D eigenvalue weighted by Crippen LogP contribution is 2.35. The number of amides is 2. The monoisotopic (exact) mass is 495 g/mol. The number of benzene rings is 2. The summed E-state index contributed by atoms with van der Waals surface area (Å²) < 4.78 is 0. The summed E-state index contributed by atoms with van der Waals surface area (Å²) in [4.78, 5) is 30.1. The van der Waals surface area contributed by atoms with E-state index in [1.807, 2.05) is 30.3 Å². The Morgan fingerprint density at radius 3 is 2.61 bits per heavy atom. The Labute approximate surface area is 214 Å². The van der Waals surface area contributed by atoms with E-state index in [1.165, 1.54) is 22.3 Å². The van der Waals surface area contributed by atoms with E-state index in [0.717, 1.165) is 30.5 Å². The number of fused-ring (bicyclic) bond motifs is 1. The zero-order valence-electron chi connectivity index (χ0n) is 19.8. The number of pyridine rings is 1. The fourth-order valence-corrected chi connectivity index (χ4v) is 5.46. The average molecular weight is 496 g/mol. The maximum absolute atomic E-state index is 12.9. The molecular formula is C28H25N5O2S. The Morgan fingerprint density at radius 2 is 1.89 bits per heavy atom. The zero-order chi connectivity index (χ0) is 25.1. The van der Waals surface area contributed by atoms with Crippen molar-refractivity contribution in [3.63, 3.8) is 0 Å². The molecule has 1 aliphatic heterocycles. The molecule has 5 rings (SSSR count). The fraction of sp³-hybridized carbons (Fsp3) is 0.250. The summed E-state index contributed by atoms with van der Waals surface area (Å²) in [6, 6.07) is 23.7. The number of aromatic nitrogens is 1. The molecule has 1 N–H and O–H groups in total. The van der Waals surface area contributed by atoms with Gasteiger partial charge in [0.15, 0.2) is 0 Å². The van der Waals surface area contributed by atoms with Crippen LogP contribution in [0.3, 0.4) is 0 Å². The summed E-state index contributed by atoms with van der Waals surface area (Å²) in [5.41, 5.74) is 4.55. The van der Waals surface area contributed by atoms with Crippen LogP contribution in [0.2, 0.25) is 0 Å². The van der Waals surface area contributed by atoms with E-state index < -0.39 is 5.25 Å². The minimum Gasteiger partial charge on any atom is -0.311 e. The van der Waals surface area contributed by atoms with Crippen LogP contribution in [0.25, 0.3) is 0 Å². The molecule has 1 aromatic heterocycles. The number of aryl methyl sites for hydroxylation is 1. The van der Waals surface area contributed by atoms with Crippen LogP contribution in [0, 0.1) is 11.3 Å². The van der Waals surface area contributed by atoms with Crippen LogP contribution in [0.4, 0.5) is 5.69 Å². The second kappa shape index (κ2) is 10.3. The molecule has 2 aliphatic rings. The molecule has 0 saturated heterocycles. The highest BCUT2D eigenvalue weighted by molar-refractivity contribution is 8.00. The number of nitrogens with zero attached hydrogens (tertiary/aromatic N) is 4. The van der Waals surface area contributed by atoms with Gasteiger partial charge in [-0.25, -0.2) is 4.98 Å². The number of hydrogen-bond acceptors (Lipinski definition) is 6. The van der Waals surface area contributed by atoms with E-state index in [-0.39, 0.29) is 18.2 Å². The Bertz CT molecular complexity index is 1370. The molecule has 0 bridgehead atoms. The van der Waals surface area contributed by atoms with E-state index in [9.17, 15) is 14.9 Å². The highest BCUT2D eigenvalue weighted by atomic mass is 32.2. The van der Waals surface area contributed by atoms with Gasteiger partial charge in [-0.05, 0) is 61.4 Å². The average Bonchev–Trinajstić information content (AvgIpc) is 3.28. The van der Waals surface area contributed by atoms with Crippen LogP contribution in [0.15, 0.2) is 76.9 Å². The van der Waals surface area contributed by atoms with Crippen LogP contribution < -0.4 is 10.3 Å². The predicted octanol–water partition coefficient (Wildman–Crippen LogP) is 4.57. The standard InChI is InChI=1S/C28H25N5O2S/c1-18(27(35)31-25-16-26(34)33(32-25)23-10-6-3-7-11-23)36-28-22(17-29)15-21-14-20(12-13-24(21)30-28)19-8-4-2-5-9-19/h2-11,15,18,20H,12-14,16H2,1H3,(H,31,32,35). The summed E-state index contributed by atoms with van der Waals surface area (Å²) >= 11 is 1.26. The molecular weight excluding hydrogens is 470 g/mol. The molecule has 2 unspecified atom stereocenters. The number of nitrogens with one attached hydrogen (secondary N) is 1. The van der Waals surface area contributed by atoms with Crippen LogP contribution in [-0.4, -0.2) is 27.9 Å². The molecule has 1 aliphatic carbocycles. The smallest absolute Gasteiger partial charge is 0.255 e. The van der Waals surface area contributed by atoms with Crippen molar-refractivity contribution in [2.75, 3.05) is 5.01 Å². The Balaban J connectivity index is 1.27. The molecule has 0 radical (unpaired) electrons. The normalized spacial score (nSPS) is 17.7. The first-order valence-corrected chi connectivity index (χ1v) is 12.8. The van der Waals surface area contributed by atoms with Crippen molar-refractivity contribution in [3.8, 4) is 6.07 Å². The van der Waals surface area contributed by atoms with Crippen molar-refractivity contribution >= 4 is 35.1 Å². The molecule has 0 spiro atoms. The van der Waals surface area contributed by atoms with Gasteiger partial charge >= 0.3 is 0 Å². The third kappa shape index (κ3) is 5.02. The topological polar surface area (TPSA) is 98.4 Å². The number of carbonyl (C=O) groups is 2. The van der Waals surface area contributed by atoms with E-state index in [2.05, 4.69) is 40.8 Å². The van der Waals surface area contributed by atoms with Crippen LogP contribution in [0.5, 0.6) is 0 Å². The lowest BCUT2D eigenvalue weighted by molar-refractivity contribution is -0.118. The summed E-state index contributed by atoms with van der Waals surface area (Å²) in [6.07, 6.45) is 2.72. The van der Waals surface area contributed by atoms with E-state index >= 15 is 0 Å². The lowest BCUT2D eigenvalue weighted by atomic mass is 9.82. The van der Waals surface area contributed by atoms with Gasteiger partial charge in [-0.1, -0.05) is 60.3 Å². The summed E-state index contributed by atoms with van der Waals surface area (Å²) in [5, 5.41) is 18.2. The van der Waals surface area contributed by atoms with Gasteiger partial charge in [0, 0.05) is 5.69 Å². The summed E-state index contributed by atoms with van der Waals surface area (Å²) in [5.74, 6) is 0.246. The molecule has 2 aromatic carbocycles. The van der Waals surface area contributed by atoms with E-state index in [4.69, 9.17) is 4.98 Å². The molecule has 2 heterocycles. The fourth-order valence-electron chi connectivity index (χ4n) is 4.56. The zero-order valence-corrected chi connectivity index (χ0v) is 20.7.